The maximum absolute atomic E-state index is 12.9. The van der Waals surface area contributed by atoms with Crippen LogP contribution >= 0.6 is 0 Å². The third-order valence-corrected chi connectivity index (χ3v) is 5.13. The highest BCUT2D eigenvalue weighted by Crippen LogP contribution is 2.32. The fraction of sp³-hybridized carbons (Fsp3) is 0.526. The molecule has 2 fully saturated rings. The van der Waals surface area contributed by atoms with Gasteiger partial charge in [-0.1, -0.05) is 6.07 Å². The summed E-state index contributed by atoms with van der Waals surface area (Å²) >= 11 is 0. The number of rotatable bonds is 5. The molecule has 1 atom stereocenters. The van der Waals surface area contributed by atoms with Crippen molar-refractivity contribution in [2.24, 2.45) is 0 Å². The zero-order valence-corrected chi connectivity index (χ0v) is 15.3. The molecule has 2 aliphatic rings. The van der Waals surface area contributed by atoms with Crippen LogP contribution in [0.4, 0.5) is 4.79 Å². The fourth-order valence-corrected chi connectivity index (χ4v) is 3.58. The molecule has 1 N–H and O–H groups in total. The zero-order chi connectivity index (χ0) is 18.9. The van der Waals surface area contributed by atoms with Gasteiger partial charge in [0, 0.05) is 0 Å². The number of aryl methyl sites for hydroxylation is 1. The average molecular weight is 360 g/mol. The van der Waals surface area contributed by atoms with Crippen LogP contribution in [0.25, 0.3) is 0 Å². The summed E-state index contributed by atoms with van der Waals surface area (Å²) in [7, 11) is 1.57. The normalized spacial score (nSPS) is 23.3. The van der Waals surface area contributed by atoms with Crippen molar-refractivity contribution < 1.29 is 23.9 Å². The van der Waals surface area contributed by atoms with Gasteiger partial charge in [0.1, 0.15) is 23.9 Å². The molecular weight excluding hydrogens is 336 g/mol. The molecule has 1 aromatic carbocycles. The first kappa shape index (κ1) is 18.2. The summed E-state index contributed by atoms with van der Waals surface area (Å²) in [5, 5.41) is 2.70. The van der Waals surface area contributed by atoms with Crippen molar-refractivity contribution in [3.63, 3.8) is 0 Å². The van der Waals surface area contributed by atoms with E-state index >= 15 is 0 Å². The number of carbonyl (C=O) groups excluding carboxylic acids is 3. The number of nitrogens with one attached hydrogen (secondary N) is 1. The number of imide groups is 1. The van der Waals surface area contributed by atoms with Gasteiger partial charge in [0.25, 0.3) is 5.91 Å². The second kappa shape index (κ2) is 6.97. The Labute approximate surface area is 152 Å². The fourth-order valence-electron chi connectivity index (χ4n) is 3.58. The molecule has 0 radical (unpaired) electrons. The molecule has 1 aromatic rings. The van der Waals surface area contributed by atoms with Crippen molar-refractivity contribution in [2.75, 3.05) is 13.7 Å². The Balaban J connectivity index is 1.74. The van der Waals surface area contributed by atoms with E-state index < -0.39 is 23.4 Å². The van der Waals surface area contributed by atoms with Crippen LogP contribution in [0.15, 0.2) is 18.2 Å². The van der Waals surface area contributed by atoms with Gasteiger partial charge in [0.15, 0.2) is 0 Å². The number of ether oxygens (including phenoxy) is 2. The van der Waals surface area contributed by atoms with Gasteiger partial charge in [-0.3, -0.25) is 14.5 Å². The Morgan fingerprint density at radius 1 is 1.31 bits per heavy atom. The minimum Gasteiger partial charge on any atom is -0.496 e. The molecular formula is C19H24N2O5. The van der Waals surface area contributed by atoms with E-state index in [1.54, 1.807) is 32.2 Å². The predicted octanol–water partition coefficient (Wildman–Crippen LogP) is 2.26. The number of amides is 3. The van der Waals surface area contributed by atoms with Gasteiger partial charge in [0.2, 0.25) is 0 Å². The number of benzene rings is 1. The SMILES string of the molecule is COc1ccc(C2(C)NC(=O)N(CC(=O)OC3CCCC3)C2=O)cc1C. The van der Waals surface area contributed by atoms with E-state index in [1.807, 2.05) is 6.92 Å². The number of carbonyl (C=O) groups is 3. The van der Waals surface area contributed by atoms with E-state index in [1.165, 1.54) is 0 Å². The van der Waals surface area contributed by atoms with Crippen molar-refractivity contribution in [2.45, 2.75) is 51.2 Å². The van der Waals surface area contributed by atoms with Crippen LogP contribution in [0.5, 0.6) is 5.75 Å². The quantitative estimate of drug-likeness (QED) is 0.643. The third-order valence-electron chi connectivity index (χ3n) is 5.13. The molecule has 1 aliphatic carbocycles. The second-order valence-electron chi connectivity index (χ2n) is 7.03. The summed E-state index contributed by atoms with van der Waals surface area (Å²) in [6.07, 6.45) is 3.66. The summed E-state index contributed by atoms with van der Waals surface area (Å²) in [5.74, 6) is -0.308. The third kappa shape index (κ3) is 3.25. The Morgan fingerprint density at radius 2 is 2.00 bits per heavy atom. The van der Waals surface area contributed by atoms with Crippen molar-refractivity contribution in [3.8, 4) is 5.75 Å². The van der Waals surface area contributed by atoms with Gasteiger partial charge in [-0.15, -0.1) is 0 Å². The van der Waals surface area contributed by atoms with Crippen molar-refractivity contribution in [1.82, 2.24) is 10.2 Å². The summed E-state index contributed by atoms with van der Waals surface area (Å²) < 4.78 is 10.6. The number of urea groups is 1. The van der Waals surface area contributed by atoms with Gasteiger partial charge in [-0.2, -0.15) is 0 Å². The van der Waals surface area contributed by atoms with Crippen molar-refractivity contribution in [3.05, 3.63) is 29.3 Å². The highest BCUT2D eigenvalue weighted by molar-refractivity contribution is 6.08. The standard InChI is InChI=1S/C19H24N2O5/c1-12-10-13(8-9-15(12)25-3)19(2)17(23)21(18(24)20-19)11-16(22)26-14-6-4-5-7-14/h8-10,14H,4-7,11H2,1-3H3,(H,20,24). The zero-order valence-electron chi connectivity index (χ0n) is 15.3. The first-order valence-corrected chi connectivity index (χ1v) is 8.84. The minimum absolute atomic E-state index is 0.0983. The van der Waals surface area contributed by atoms with E-state index in [4.69, 9.17) is 9.47 Å². The Kier molecular flexibility index (Phi) is 4.89. The smallest absolute Gasteiger partial charge is 0.326 e. The van der Waals surface area contributed by atoms with E-state index in [0.29, 0.717) is 11.3 Å². The molecule has 1 saturated carbocycles. The molecule has 3 amide bonds. The first-order valence-electron chi connectivity index (χ1n) is 8.84. The average Bonchev–Trinajstić information content (AvgIpc) is 3.18. The Hall–Kier alpha value is -2.57. The van der Waals surface area contributed by atoms with Crippen LogP contribution in [-0.2, 0) is 19.9 Å². The monoisotopic (exact) mass is 360 g/mol. The second-order valence-corrected chi connectivity index (χ2v) is 7.03. The molecule has 0 spiro atoms. The van der Waals surface area contributed by atoms with Crippen LogP contribution in [0.3, 0.4) is 0 Å². The summed E-state index contributed by atoms with van der Waals surface area (Å²) in [6.45, 7) is 3.13. The summed E-state index contributed by atoms with van der Waals surface area (Å²) in [4.78, 5) is 38.2. The Morgan fingerprint density at radius 3 is 2.62 bits per heavy atom. The Bertz CT molecular complexity index is 741. The van der Waals surface area contributed by atoms with E-state index in [9.17, 15) is 14.4 Å². The highest BCUT2D eigenvalue weighted by Gasteiger charge is 2.49. The molecule has 140 valence electrons. The van der Waals surface area contributed by atoms with Gasteiger partial charge < -0.3 is 14.8 Å². The van der Waals surface area contributed by atoms with Gasteiger partial charge in [-0.25, -0.2) is 4.79 Å². The lowest BCUT2D eigenvalue weighted by Gasteiger charge is -2.23. The number of hydrogen-bond acceptors (Lipinski definition) is 5. The molecule has 1 unspecified atom stereocenters. The van der Waals surface area contributed by atoms with E-state index in [0.717, 1.165) is 36.1 Å². The molecule has 3 rings (SSSR count). The van der Waals surface area contributed by atoms with Crippen LogP contribution in [0.1, 0.15) is 43.7 Å². The number of esters is 1. The predicted molar refractivity (Wildman–Crippen MR) is 93.7 cm³/mol. The van der Waals surface area contributed by atoms with Crippen molar-refractivity contribution >= 4 is 17.9 Å². The molecule has 26 heavy (non-hydrogen) atoms. The molecule has 0 aromatic heterocycles. The first-order chi connectivity index (χ1) is 12.3. The molecule has 0 bridgehead atoms. The molecule has 1 aliphatic heterocycles. The lowest BCUT2D eigenvalue weighted by atomic mass is 9.90. The summed E-state index contributed by atoms with van der Waals surface area (Å²) in [5.41, 5.74) is 0.273. The van der Waals surface area contributed by atoms with Crippen LogP contribution in [0, 0.1) is 6.92 Å². The lowest BCUT2D eigenvalue weighted by Crippen LogP contribution is -2.42. The molecule has 7 heteroatoms. The lowest BCUT2D eigenvalue weighted by molar-refractivity contribution is -0.152. The van der Waals surface area contributed by atoms with Gasteiger partial charge in [-0.05, 0) is 62.8 Å². The largest absolute Gasteiger partial charge is 0.496 e. The maximum Gasteiger partial charge on any atom is 0.326 e. The van der Waals surface area contributed by atoms with Crippen LogP contribution < -0.4 is 10.1 Å². The maximum atomic E-state index is 12.9. The molecule has 7 nitrogen and oxygen atoms in total. The van der Waals surface area contributed by atoms with Crippen LogP contribution in [-0.4, -0.2) is 42.6 Å². The topological polar surface area (TPSA) is 84.9 Å². The summed E-state index contributed by atoms with van der Waals surface area (Å²) in [6, 6.07) is 4.71. The number of methoxy groups -OCH3 is 1. The van der Waals surface area contributed by atoms with Gasteiger partial charge >= 0.3 is 12.0 Å². The van der Waals surface area contributed by atoms with Crippen molar-refractivity contribution in [1.29, 1.82) is 0 Å². The van der Waals surface area contributed by atoms with Gasteiger partial charge in [0.05, 0.1) is 7.11 Å². The molecule has 1 heterocycles. The highest BCUT2D eigenvalue weighted by atomic mass is 16.5. The van der Waals surface area contributed by atoms with Crippen LogP contribution in [0.2, 0.25) is 0 Å². The van der Waals surface area contributed by atoms with E-state index in [-0.39, 0.29) is 12.6 Å². The van der Waals surface area contributed by atoms with E-state index in [2.05, 4.69) is 5.32 Å². The number of hydrogen-bond donors (Lipinski definition) is 1. The number of nitrogens with zero attached hydrogens (tertiary/aromatic N) is 1. The molecule has 1 saturated heterocycles. The minimum atomic E-state index is -1.22.